The monoisotopic (exact) mass is 300 g/mol. The number of rotatable bonds is 2. The van der Waals surface area contributed by atoms with E-state index in [9.17, 15) is 9.90 Å². The van der Waals surface area contributed by atoms with Gasteiger partial charge in [0.05, 0.1) is 6.10 Å². The number of allylic oxidation sites excluding steroid dienone is 4. The molecule has 3 unspecified atom stereocenters. The van der Waals surface area contributed by atoms with Gasteiger partial charge >= 0.3 is 0 Å². The van der Waals surface area contributed by atoms with Crippen LogP contribution in [0.4, 0.5) is 0 Å². The second-order valence-corrected chi connectivity index (χ2v) is 8.19. The van der Waals surface area contributed by atoms with E-state index in [0.717, 1.165) is 19.1 Å². The van der Waals surface area contributed by atoms with Crippen LogP contribution < -0.4 is 0 Å². The van der Waals surface area contributed by atoms with Crippen LogP contribution in [-0.4, -0.2) is 17.5 Å². The number of aliphatic hydroxyl groups excluding tert-OH is 1. The number of hydrogen-bond acceptors (Lipinski definition) is 2. The number of fused-ring (bicyclic) bond motifs is 3. The van der Waals surface area contributed by atoms with Crippen molar-refractivity contribution in [3.63, 3.8) is 0 Å². The summed E-state index contributed by atoms with van der Waals surface area (Å²) < 4.78 is 0. The molecule has 0 aliphatic heterocycles. The first-order valence-electron chi connectivity index (χ1n) is 8.60. The first-order valence-corrected chi connectivity index (χ1v) is 8.60. The van der Waals surface area contributed by atoms with Crippen LogP contribution in [0, 0.1) is 16.7 Å². The van der Waals surface area contributed by atoms with Crippen LogP contribution in [0.5, 0.6) is 0 Å². The van der Waals surface area contributed by atoms with Gasteiger partial charge in [-0.1, -0.05) is 45.4 Å². The molecule has 2 nitrogen and oxygen atoms in total. The number of carbonyl (C=O) groups is 1. The van der Waals surface area contributed by atoms with E-state index in [1.165, 1.54) is 24.0 Å². The van der Waals surface area contributed by atoms with E-state index in [0.29, 0.717) is 17.9 Å². The van der Waals surface area contributed by atoms with Crippen LogP contribution in [-0.2, 0) is 4.79 Å². The standard InChI is InChI=1S/C20H28O2/c1-13(2)15-7-8-19(3)9-10-20(4)16(18(15)19)6-5-14(12-21)11-17(20)22/h5-6,12-13,17,22H,7-11H2,1-4H3. The molecular formula is C20H28O2. The molecule has 22 heavy (non-hydrogen) atoms. The fourth-order valence-corrected chi connectivity index (χ4v) is 4.74. The van der Waals surface area contributed by atoms with Crippen molar-refractivity contribution in [2.75, 3.05) is 0 Å². The molecule has 120 valence electrons. The van der Waals surface area contributed by atoms with E-state index in [1.807, 2.05) is 6.08 Å². The summed E-state index contributed by atoms with van der Waals surface area (Å²) >= 11 is 0. The van der Waals surface area contributed by atoms with Crippen molar-refractivity contribution in [3.8, 4) is 0 Å². The number of aliphatic hydroxyl groups is 1. The predicted molar refractivity (Wildman–Crippen MR) is 89.4 cm³/mol. The van der Waals surface area contributed by atoms with E-state index in [1.54, 1.807) is 5.57 Å². The molecule has 1 saturated carbocycles. The van der Waals surface area contributed by atoms with Gasteiger partial charge in [0.25, 0.3) is 0 Å². The average Bonchev–Trinajstić information content (AvgIpc) is 2.76. The van der Waals surface area contributed by atoms with Crippen molar-refractivity contribution in [1.82, 2.24) is 0 Å². The highest BCUT2D eigenvalue weighted by atomic mass is 16.3. The first-order chi connectivity index (χ1) is 10.3. The molecule has 1 N–H and O–H groups in total. The lowest BCUT2D eigenvalue weighted by atomic mass is 9.57. The minimum atomic E-state index is -0.469. The van der Waals surface area contributed by atoms with Gasteiger partial charge in [0.1, 0.15) is 6.29 Å². The van der Waals surface area contributed by atoms with E-state index < -0.39 is 6.10 Å². The summed E-state index contributed by atoms with van der Waals surface area (Å²) in [6.45, 7) is 9.13. The van der Waals surface area contributed by atoms with Gasteiger partial charge in [0.2, 0.25) is 0 Å². The predicted octanol–water partition coefficient (Wildman–Crippen LogP) is 4.36. The zero-order chi connectivity index (χ0) is 16.1. The van der Waals surface area contributed by atoms with E-state index in [2.05, 4.69) is 33.8 Å². The average molecular weight is 300 g/mol. The van der Waals surface area contributed by atoms with Crippen LogP contribution >= 0.6 is 0 Å². The van der Waals surface area contributed by atoms with Gasteiger partial charge in [0.15, 0.2) is 0 Å². The molecule has 3 atom stereocenters. The van der Waals surface area contributed by atoms with Gasteiger partial charge in [-0.3, -0.25) is 4.79 Å². The van der Waals surface area contributed by atoms with Crippen LogP contribution in [0.25, 0.3) is 0 Å². The maximum absolute atomic E-state index is 11.2. The fraction of sp³-hybridized carbons (Fsp3) is 0.650. The van der Waals surface area contributed by atoms with Gasteiger partial charge in [0, 0.05) is 11.8 Å². The van der Waals surface area contributed by atoms with E-state index in [-0.39, 0.29) is 10.8 Å². The van der Waals surface area contributed by atoms with Crippen molar-refractivity contribution >= 4 is 6.29 Å². The molecule has 0 saturated heterocycles. The fourth-order valence-electron chi connectivity index (χ4n) is 4.74. The van der Waals surface area contributed by atoms with Crippen molar-refractivity contribution < 1.29 is 9.90 Å². The third kappa shape index (κ3) is 2.15. The Hall–Kier alpha value is -1.15. The minimum absolute atomic E-state index is 0.222. The molecule has 0 aromatic carbocycles. The number of carbonyl (C=O) groups excluding carboxylic acids is 1. The van der Waals surface area contributed by atoms with Crippen molar-refractivity contribution in [3.05, 3.63) is 34.4 Å². The summed E-state index contributed by atoms with van der Waals surface area (Å²) in [5.41, 5.74) is 5.10. The quantitative estimate of drug-likeness (QED) is 0.770. The zero-order valence-corrected chi connectivity index (χ0v) is 14.3. The molecule has 3 aliphatic carbocycles. The summed E-state index contributed by atoms with van der Waals surface area (Å²) in [6.07, 6.45) is 9.52. The first kappa shape index (κ1) is 15.7. The van der Waals surface area contributed by atoms with Crippen LogP contribution in [0.3, 0.4) is 0 Å². The molecular weight excluding hydrogens is 272 g/mol. The zero-order valence-electron chi connectivity index (χ0n) is 14.3. The second kappa shape index (κ2) is 5.19. The van der Waals surface area contributed by atoms with Crippen molar-refractivity contribution in [2.24, 2.45) is 16.7 Å². The Kier molecular flexibility index (Phi) is 3.71. The summed E-state index contributed by atoms with van der Waals surface area (Å²) in [4.78, 5) is 11.2. The van der Waals surface area contributed by atoms with Gasteiger partial charge in [-0.2, -0.15) is 0 Å². The number of hydrogen-bond donors (Lipinski definition) is 1. The van der Waals surface area contributed by atoms with Crippen LogP contribution in [0.15, 0.2) is 34.4 Å². The van der Waals surface area contributed by atoms with Gasteiger partial charge in [-0.25, -0.2) is 0 Å². The Bertz CT molecular complexity index is 593. The van der Waals surface area contributed by atoms with Crippen molar-refractivity contribution in [1.29, 1.82) is 0 Å². The Morgan fingerprint density at radius 2 is 1.95 bits per heavy atom. The smallest absolute Gasteiger partial charge is 0.146 e. The Morgan fingerprint density at radius 3 is 2.59 bits per heavy atom. The molecule has 0 bridgehead atoms. The highest BCUT2D eigenvalue weighted by Crippen LogP contribution is 2.61. The summed E-state index contributed by atoms with van der Waals surface area (Å²) in [5, 5.41) is 10.8. The molecule has 3 rings (SSSR count). The largest absolute Gasteiger partial charge is 0.392 e. The highest BCUT2D eigenvalue weighted by Gasteiger charge is 2.51. The Balaban J connectivity index is 2.19. The topological polar surface area (TPSA) is 37.3 Å². The lowest BCUT2D eigenvalue weighted by Gasteiger charge is -2.48. The lowest BCUT2D eigenvalue weighted by Crippen LogP contribution is -2.41. The third-order valence-electron chi connectivity index (χ3n) is 6.43. The van der Waals surface area contributed by atoms with E-state index >= 15 is 0 Å². The molecule has 0 aromatic rings. The second-order valence-electron chi connectivity index (χ2n) is 8.19. The third-order valence-corrected chi connectivity index (χ3v) is 6.43. The lowest BCUT2D eigenvalue weighted by molar-refractivity contribution is -0.105. The molecule has 3 aliphatic rings. The van der Waals surface area contributed by atoms with Crippen molar-refractivity contribution in [2.45, 2.75) is 65.9 Å². The molecule has 0 aromatic heterocycles. The minimum Gasteiger partial charge on any atom is -0.392 e. The van der Waals surface area contributed by atoms with Gasteiger partial charge in [-0.05, 0) is 53.7 Å². The highest BCUT2D eigenvalue weighted by molar-refractivity contribution is 5.74. The summed E-state index contributed by atoms with van der Waals surface area (Å²) in [7, 11) is 0. The summed E-state index contributed by atoms with van der Waals surface area (Å²) in [5.74, 6) is 0.551. The molecule has 0 spiro atoms. The number of aldehydes is 1. The Morgan fingerprint density at radius 1 is 1.23 bits per heavy atom. The SMILES string of the molecule is CC(C)C1=C2C3=CC=C(C=O)CC(O)C3(C)CCC2(C)CC1. The van der Waals surface area contributed by atoms with Crippen LogP contribution in [0.2, 0.25) is 0 Å². The van der Waals surface area contributed by atoms with E-state index in [4.69, 9.17) is 0 Å². The van der Waals surface area contributed by atoms with Gasteiger partial charge in [-0.15, -0.1) is 0 Å². The maximum atomic E-state index is 11.2. The summed E-state index contributed by atoms with van der Waals surface area (Å²) in [6, 6.07) is 0. The normalized spacial score (nSPS) is 38.2. The maximum Gasteiger partial charge on any atom is 0.146 e. The van der Waals surface area contributed by atoms with Crippen LogP contribution in [0.1, 0.15) is 59.8 Å². The molecule has 1 fully saturated rings. The molecule has 0 heterocycles. The van der Waals surface area contributed by atoms with Gasteiger partial charge < -0.3 is 5.11 Å². The molecule has 0 radical (unpaired) electrons. The molecule has 2 heteroatoms. The Labute approximate surface area is 134 Å². The molecule has 0 amide bonds.